The summed E-state index contributed by atoms with van der Waals surface area (Å²) in [4.78, 5) is 6.23. The molecule has 1 N–H and O–H groups in total. The number of anilines is 1. The third kappa shape index (κ3) is 3.19. The summed E-state index contributed by atoms with van der Waals surface area (Å²) < 4.78 is 14.3. The van der Waals surface area contributed by atoms with Crippen LogP contribution in [-0.4, -0.2) is 24.6 Å². The molecule has 0 bridgehead atoms. The Balaban J connectivity index is 2.04. The second kappa shape index (κ2) is 6.14. The molecule has 1 aromatic rings. The lowest BCUT2D eigenvalue weighted by atomic mass is 10.2. The molecular weight excluding hydrogens is 229 g/mol. The van der Waals surface area contributed by atoms with Gasteiger partial charge >= 0.3 is 0 Å². The van der Waals surface area contributed by atoms with Crippen LogP contribution >= 0.6 is 0 Å². The first-order valence-electron chi connectivity index (χ1n) is 6.77. The van der Waals surface area contributed by atoms with Gasteiger partial charge in [0.05, 0.1) is 0 Å². The molecule has 1 fully saturated rings. The highest BCUT2D eigenvalue weighted by Gasteiger charge is 2.19. The Bertz CT molecular complexity index is 387. The molecule has 1 aromatic heterocycles. The first kappa shape index (κ1) is 13.3. The van der Waals surface area contributed by atoms with Crippen molar-refractivity contribution in [3.8, 4) is 0 Å². The average Bonchev–Trinajstić information content (AvgIpc) is 2.84. The van der Waals surface area contributed by atoms with Gasteiger partial charge in [-0.05, 0) is 31.4 Å². The van der Waals surface area contributed by atoms with Crippen molar-refractivity contribution in [2.75, 3.05) is 24.5 Å². The molecule has 3 nitrogen and oxygen atoms in total. The van der Waals surface area contributed by atoms with Gasteiger partial charge in [-0.1, -0.05) is 13.8 Å². The number of nitrogens with zero attached hydrogens (tertiary/aromatic N) is 2. The van der Waals surface area contributed by atoms with E-state index in [4.69, 9.17) is 0 Å². The summed E-state index contributed by atoms with van der Waals surface area (Å²) in [5.74, 6) is 0.944. The maximum atomic E-state index is 14.3. The molecule has 0 amide bonds. The minimum atomic E-state index is -0.157. The van der Waals surface area contributed by atoms with Crippen molar-refractivity contribution in [1.82, 2.24) is 10.3 Å². The van der Waals surface area contributed by atoms with Gasteiger partial charge < -0.3 is 10.2 Å². The Kier molecular flexibility index (Phi) is 4.53. The predicted octanol–water partition coefficient (Wildman–Crippen LogP) is 2.57. The second-order valence-corrected chi connectivity index (χ2v) is 5.33. The van der Waals surface area contributed by atoms with Crippen LogP contribution in [0.2, 0.25) is 0 Å². The summed E-state index contributed by atoms with van der Waals surface area (Å²) in [5, 5.41) is 3.27. The SMILES string of the molecule is CC(C)CNCc1ccnc(N2CCCC2)c1F. The molecule has 0 spiro atoms. The summed E-state index contributed by atoms with van der Waals surface area (Å²) in [6.45, 7) is 7.62. The molecule has 0 aliphatic carbocycles. The third-order valence-corrected chi connectivity index (χ3v) is 3.22. The maximum Gasteiger partial charge on any atom is 0.170 e. The lowest BCUT2D eigenvalue weighted by molar-refractivity contribution is 0.532. The highest BCUT2D eigenvalue weighted by atomic mass is 19.1. The van der Waals surface area contributed by atoms with E-state index in [9.17, 15) is 4.39 Å². The standard InChI is InChI=1S/C14H22FN3/c1-11(2)9-16-10-12-5-6-17-14(13(12)15)18-7-3-4-8-18/h5-6,11,16H,3-4,7-10H2,1-2H3. The Morgan fingerprint density at radius 2 is 2.11 bits per heavy atom. The summed E-state index contributed by atoms with van der Waals surface area (Å²) in [5.41, 5.74) is 0.715. The van der Waals surface area contributed by atoms with Crippen LogP contribution in [0.3, 0.4) is 0 Å². The molecule has 0 saturated carbocycles. The maximum absolute atomic E-state index is 14.3. The molecule has 1 aliphatic heterocycles. The molecule has 0 atom stereocenters. The third-order valence-electron chi connectivity index (χ3n) is 3.22. The number of halogens is 1. The zero-order valence-corrected chi connectivity index (χ0v) is 11.2. The highest BCUT2D eigenvalue weighted by Crippen LogP contribution is 2.23. The number of hydrogen-bond donors (Lipinski definition) is 1. The topological polar surface area (TPSA) is 28.2 Å². The first-order valence-corrected chi connectivity index (χ1v) is 6.77. The molecule has 18 heavy (non-hydrogen) atoms. The first-order chi connectivity index (χ1) is 8.68. The Morgan fingerprint density at radius 1 is 1.39 bits per heavy atom. The van der Waals surface area contributed by atoms with Crippen LogP contribution in [0.15, 0.2) is 12.3 Å². The molecule has 0 unspecified atom stereocenters. The van der Waals surface area contributed by atoms with E-state index in [0.717, 1.165) is 32.5 Å². The van der Waals surface area contributed by atoms with Gasteiger partial charge in [-0.15, -0.1) is 0 Å². The largest absolute Gasteiger partial charge is 0.354 e. The van der Waals surface area contributed by atoms with Crippen molar-refractivity contribution < 1.29 is 4.39 Å². The zero-order chi connectivity index (χ0) is 13.0. The van der Waals surface area contributed by atoms with Crippen LogP contribution in [0.25, 0.3) is 0 Å². The number of hydrogen-bond acceptors (Lipinski definition) is 3. The Labute approximate surface area is 108 Å². The van der Waals surface area contributed by atoms with Gasteiger partial charge in [0.15, 0.2) is 11.6 Å². The van der Waals surface area contributed by atoms with E-state index < -0.39 is 0 Å². The van der Waals surface area contributed by atoms with E-state index in [1.807, 2.05) is 4.90 Å². The Hall–Kier alpha value is -1.16. The lowest BCUT2D eigenvalue weighted by Gasteiger charge is -2.18. The van der Waals surface area contributed by atoms with Crippen LogP contribution < -0.4 is 10.2 Å². The van der Waals surface area contributed by atoms with E-state index in [-0.39, 0.29) is 5.82 Å². The van der Waals surface area contributed by atoms with Crippen LogP contribution in [0.1, 0.15) is 32.3 Å². The molecule has 4 heteroatoms. The predicted molar refractivity (Wildman–Crippen MR) is 72.2 cm³/mol. The minimum absolute atomic E-state index is 0.157. The number of rotatable bonds is 5. The number of nitrogens with one attached hydrogen (secondary N) is 1. The van der Waals surface area contributed by atoms with Gasteiger partial charge in [-0.2, -0.15) is 0 Å². The monoisotopic (exact) mass is 251 g/mol. The van der Waals surface area contributed by atoms with Gasteiger partial charge in [0, 0.05) is 31.4 Å². The van der Waals surface area contributed by atoms with Gasteiger partial charge in [-0.25, -0.2) is 9.37 Å². The van der Waals surface area contributed by atoms with Crippen LogP contribution in [0, 0.1) is 11.7 Å². The van der Waals surface area contributed by atoms with Crippen LogP contribution in [0.4, 0.5) is 10.2 Å². The summed E-state index contributed by atoms with van der Waals surface area (Å²) in [7, 11) is 0. The summed E-state index contributed by atoms with van der Waals surface area (Å²) >= 11 is 0. The van der Waals surface area contributed by atoms with Crippen molar-refractivity contribution >= 4 is 5.82 Å². The molecule has 0 aromatic carbocycles. The quantitative estimate of drug-likeness (QED) is 0.871. The zero-order valence-electron chi connectivity index (χ0n) is 11.2. The smallest absolute Gasteiger partial charge is 0.170 e. The minimum Gasteiger partial charge on any atom is -0.354 e. The average molecular weight is 251 g/mol. The van der Waals surface area contributed by atoms with Gasteiger partial charge in [0.25, 0.3) is 0 Å². The second-order valence-electron chi connectivity index (χ2n) is 5.33. The highest BCUT2D eigenvalue weighted by molar-refractivity contribution is 5.43. The number of aromatic nitrogens is 1. The van der Waals surface area contributed by atoms with E-state index in [0.29, 0.717) is 23.8 Å². The van der Waals surface area contributed by atoms with Crippen LogP contribution in [-0.2, 0) is 6.54 Å². The molecule has 100 valence electrons. The van der Waals surface area contributed by atoms with Crippen molar-refractivity contribution in [2.24, 2.45) is 5.92 Å². The fourth-order valence-electron chi connectivity index (χ4n) is 2.25. The van der Waals surface area contributed by atoms with Crippen LogP contribution in [0.5, 0.6) is 0 Å². The molecular formula is C14H22FN3. The summed E-state index contributed by atoms with van der Waals surface area (Å²) in [6, 6.07) is 1.77. The lowest BCUT2D eigenvalue weighted by Crippen LogP contribution is -2.23. The molecule has 2 rings (SSSR count). The molecule has 1 saturated heterocycles. The van der Waals surface area contributed by atoms with Crippen molar-refractivity contribution in [3.05, 3.63) is 23.6 Å². The van der Waals surface area contributed by atoms with Crippen molar-refractivity contribution in [2.45, 2.75) is 33.2 Å². The van der Waals surface area contributed by atoms with Crippen molar-refractivity contribution in [3.63, 3.8) is 0 Å². The van der Waals surface area contributed by atoms with E-state index in [2.05, 4.69) is 24.1 Å². The van der Waals surface area contributed by atoms with E-state index in [1.165, 1.54) is 0 Å². The normalized spacial score (nSPS) is 15.7. The fraction of sp³-hybridized carbons (Fsp3) is 0.643. The van der Waals surface area contributed by atoms with E-state index >= 15 is 0 Å². The van der Waals surface area contributed by atoms with Gasteiger partial charge in [0.2, 0.25) is 0 Å². The fourth-order valence-corrected chi connectivity index (χ4v) is 2.25. The molecule has 2 heterocycles. The van der Waals surface area contributed by atoms with Gasteiger partial charge in [0.1, 0.15) is 0 Å². The van der Waals surface area contributed by atoms with Crippen molar-refractivity contribution in [1.29, 1.82) is 0 Å². The molecule has 0 radical (unpaired) electrons. The number of pyridine rings is 1. The molecule has 1 aliphatic rings. The van der Waals surface area contributed by atoms with E-state index in [1.54, 1.807) is 12.3 Å². The Morgan fingerprint density at radius 3 is 2.78 bits per heavy atom. The summed E-state index contributed by atoms with van der Waals surface area (Å²) in [6.07, 6.45) is 3.98. The van der Waals surface area contributed by atoms with Gasteiger partial charge in [-0.3, -0.25) is 0 Å².